The van der Waals surface area contributed by atoms with Crippen LogP contribution >= 0.6 is 11.3 Å². The first-order chi connectivity index (χ1) is 10.4. The van der Waals surface area contributed by atoms with Crippen molar-refractivity contribution in [3.05, 3.63) is 33.5 Å². The molecule has 2 amide bonds. The smallest absolute Gasteiger partial charge is 0.315 e. The highest BCUT2D eigenvalue weighted by Gasteiger charge is 2.09. The zero-order valence-corrected chi connectivity index (χ0v) is 14.3. The third-order valence-electron chi connectivity index (χ3n) is 3.27. The van der Waals surface area contributed by atoms with Crippen molar-refractivity contribution >= 4 is 17.4 Å². The van der Waals surface area contributed by atoms with Gasteiger partial charge in [-0.05, 0) is 32.8 Å². The number of nitrogens with zero attached hydrogens (tertiary/aromatic N) is 3. The fourth-order valence-electron chi connectivity index (χ4n) is 2.19. The van der Waals surface area contributed by atoms with Gasteiger partial charge in [-0.25, -0.2) is 9.78 Å². The summed E-state index contributed by atoms with van der Waals surface area (Å²) < 4.78 is 1.98. The number of carbonyl (C=O) groups excluding carboxylic acids is 1. The van der Waals surface area contributed by atoms with Crippen LogP contribution in [0.3, 0.4) is 0 Å². The molecule has 6 nitrogen and oxygen atoms in total. The van der Waals surface area contributed by atoms with Crippen molar-refractivity contribution in [1.82, 2.24) is 25.4 Å². The molecule has 0 aliphatic carbocycles. The van der Waals surface area contributed by atoms with E-state index in [2.05, 4.69) is 33.7 Å². The Morgan fingerprint density at radius 2 is 2.09 bits per heavy atom. The number of aryl methyl sites for hydroxylation is 3. The first-order valence-electron chi connectivity index (χ1n) is 7.38. The molecule has 0 aliphatic rings. The molecule has 2 N–H and O–H groups in total. The van der Waals surface area contributed by atoms with Gasteiger partial charge in [0.1, 0.15) is 5.01 Å². The van der Waals surface area contributed by atoms with Crippen LogP contribution in [-0.4, -0.2) is 27.3 Å². The van der Waals surface area contributed by atoms with Crippen molar-refractivity contribution in [3.8, 4) is 0 Å². The van der Waals surface area contributed by atoms with Crippen LogP contribution in [0.4, 0.5) is 4.79 Å². The van der Waals surface area contributed by atoms with Crippen LogP contribution in [0.5, 0.6) is 0 Å². The quantitative estimate of drug-likeness (QED) is 0.858. The van der Waals surface area contributed by atoms with Gasteiger partial charge in [0, 0.05) is 29.9 Å². The molecule has 2 aromatic heterocycles. The number of aromatic nitrogens is 3. The number of rotatable bonds is 6. The Morgan fingerprint density at radius 1 is 1.32 bits per heavy atom. The number of amides is 2. The molecule has 0 saturated heterocycles. The third-order valence-corrected chi connectivity index (χ3v) is 4.23. The number of thiazole rings is 1. The van der Waals surface area contributed by atoms with Crippen LogP contribution in [0, 0.1) is 26.7 Å². The molecular weight excluding hydrogens is 298 g/mol. The van der Waals surface area contributed by atoms with Gasteiger partial charge in [-0.15, -0.1) is 11.3 Å². The largest absolute Gasteiger partial charge is 0.338 e. The van der Waals surface area contributed by atoms with Crippen LogP contribution in [0.2, 0.25) is 0 Å². The van der Waals surface area contributed by atoms with E-state index in [1.165, 1.54) is 0 Å². The molecular formula is C15H23N5OS. The minimum atomic E-state index is -0.159. The van der Waals surface area contributed by atoms with Crippen molar-refractivity contribution in [2.24, 2.45) is 5.92 Å². The average molecular weight is 321 g/mol. The predicted molar refractivity (Wildman–Crippen MR) is 88.0 cm³/mol. The van der Waals surface area contributed by atoms with Gasteiger partial charge >= 0.3 is 6.03 Å². The first kappa shape index (κ1) is 16.5. The zero-order valence-electron chi connectivity index (χ0n) is 13.5. The number of carbonyl (C=O) groups is 1. The van der Waals surface area contributed by atoms with Crippen molar-refractivity contribution < 1.29 is 4.79 Å². The van der Waals surface area contributed by atoms with E-state index in [1.54, 1.807) is 11.3 Å². The number of hydrogen-bond donors (Lipinski definition) is 2. The summed E-state index contributed by atoms with van der Waals surface area (Å²) in [5.41, 5.74) is 3.16. The molecule has 0 fully saturated rings. The maximum Gasteiger partial charge on any atom is 0.315 e. The van der Waals surface area contributed by atoms with E-state index in [0.29, 0.717) is 19.0 Å². The fraction of sp³-hybridized carbons (Fsp3) is 0.533. The Hall–Kier alpha value is -1.89. The Labute approximate surface area is 135 Å². The van der Waals surface area contributed by atoms with E-state index < -0.39 is 0 Å². The van der Waals surface area contributed by atoms with Gasteiger partial charge in [0.25, 0.3) is 0 Å². The number of urea groups is 1. The molecule has 2 rings (SSSR count). The Kier molecular flexibility index (Phi) is 5.54. The normalized spacial score (nSPS) is 12.2. The lowest BCUT2D eigenvalue weighted by molar-refractivity contribution is 0.238. The molecule has 1 unspecified atom stereocenters. The molecule has 2 aromatic rings. The van der Waals surface area contributed by atoms with Gasteiger partial charge in [0.2, 0.25) is 0 Å². The van der Waals surface area contributed by atoms with Gasteiger partial charge in [0.05, 0.1) is 12.2 Å². The van der Waals surface area contributed by atoms with Gasteiger partial charge in [0.15, 0.2) is 0 Å². The van der Waals surface area contributed by atoms with Crippen LogP contribution in [0.15, 0.2) is 11.4 Å². The molecule has 1 atom stereocenters. The minimum absolute atomic E-state index is 0.159. The SMILES string of the molecule is Cc1csc(CNC(=O)NCC(C)Cn2nc(C)cc2C)n1. The van der Waals surface area contributed by atoms with Crippen LogP contribution in [0.1, 0.15) is 29.0 Å². The average Bonchev–Trinajstić information content (AvgIpc) is 3.00. The summed E-state index contributed by atoms with van der Waals surface area (Å²) in [7, 11) is 0. The lowest BCUT2D eigenvalue weighted by Crippen LogP contribution is -2.38. The topological polar surface area (TPSA) is 71.8 Å². The van der Waals surface area contributed by atoms with Crippen molar-refractivity contribution in [2.75, 3.05) is 6.54 Å². The van der Waals surface area contributed by atoms with Gasteiger partial charge in [-0.2, -0.15) is 5.10 Å². The molecule has 7 heteroatoms. The first-order valence-corrected chi connectivity index (χ1v) is 8.25. The summed E-state index contributed by atoms with van der Waals surface area (Å²) in [6.07, 6.45) is 0. The van der Waals surface area contributed by atoms with E-state index in [4.69, 9.17) is 0 Å². The van der Waals surface area contributed by atoms with Gasteiger partial charge in [-0.1, -0.05) is 6.92 Å². The minimum Gasteiger partial charge on any atom is -0.338 e. The van der Waals surface area contributed by atoms with Gasteiger partial charge in [-0.3, -0.25) is 4.68 Å². The van der Waals surface area contributed by atoms with E-state index in [1.807, 2.05) is 30.8 Å². The Bertz CT molecular complexity index is 634. The van der Waals surface area contributed by atoms with Crippen molar-refractivity contribution in [2.45, 2.75) is 40.8 Å². The van der Waals surface area contributed by atoms with Crippen LogP contribution in [0.25, 0.3) is 0 Å². The Morgan fingerprint density at radius 3 is 2.68 bits per heavy atom. The zero-order chi connectivity index (χ0) is 16.1. The number of hydrogen-bond acceptors (Lipinski definition) is 4. The third kappa shape index (κ3) is 4.84. The molecule has 0 spiro atoms. The predicted octanol–water partition coefficient (Wildman–Crippen LogP) is 2.40. The maximum atomic E-state index is 11.8. The summed E-state index contributed by atoms with van der Waals surface area (Å²) >= 11 is 1.56. The monoisotopic (exact) mass is 321 g/mol. The summed E-state index contributed by atoms with van der Waals surface area (Å²) in [4.78, 5) is 16.1. The number of nitrogens with one attached hydrogen (secondary N) is 2. The molecule has 0 aromatic carbocycles. The van der Waals surface area contributed by atoms with E-state index in [0.717, 1.165) is 28.6 Å². The summed E-state index contributed by atoms with van der Waals surface area (Å²) in [5, 5.41) is 13.0. The highest BCUT2D eigenvalue weighted by atomic mass is 32.1. The van der Waals surface area contributed by atoms with E-state index in [9.17, 15) is 4.79 Å². The summed E-state index contributed by atoms with van der Waals surface area (Å²) in [6.45, 7) is 9.95. The molecule has 0 radical (unpaired) electrons. The lowest BCUT2D eigenvalue weighted by Gasteiger charge is -2.14. The highest BCUT2D eigenvalue weighted by molar-refractivity contribution is 7.09. The summed E-state index contributed by atoms with van der Waals surface area (Å²) in [5.74, 6) is 0.311. The van der Waals surface area contributed by atoms with Crippen LogP contribution < -0.4 is 10.6 Å². The molecule has 0 aliphatic heterocycles. The standard InChI is InChI=1S/C15H23N5OS/c1-10(8-20-13(4)5-11(2)19-20)6-16-15(21)17-7-14-18-12(3)9-22-14/h5,9-10H,6-8H2,1-4H3,(H2,16,17,21). The maximum absolute atomic E-state index is 11.8. The molecule has 0 saturated carbocycles. The van der Waals surface area contributed by atoms with Gasteiger partial charge < -0.3 is 10.6 Å². The Balaban J connectivity index is 1.70. The molecule has 2 heterocycles. The molecule has 22 heavy (non-hydrogen) atoms. The van der Waals surface area contributed by atoms with Crippen LogP contribution in [-0.2, 0) is 13.1 Å². The molecule has 0 bridgehead atoms. The van der Waals surface area contributed by atoms with E-state index in [-0.39, 0.29) is 6.03 Å². The lowest BCUT2D eigenvalue weighted by atomic mass is 10.2. The van der Waals surface area contributed by atoms with Crippen molar-refractivity contribution in [1.29, 1.82) is 0 Å². The van der Waals surface area contributed by atoms with Crippen molar-refractivity contribution in [3.63, 3.8) is 0 Å². The highest BCUT2D eigenvalue weighted by Crippen LogP contribution is 2.08. The second kappa shape index (κ2) is 7.40. The summed E-state index contributed by atoms with van der Waals surface area (Å²) in [6, 6.07) is 1.90. The van der Waals surface area contributed by atoms with E-state index >= 15 is 0 Å². The second-order valence-electron chi connectivity index (χ2n) is 5.66. The fourth-order valence-corrected chi connectivity index (χ4v) is 2.90. The second-order valence-corrected chi connectivity index (χ2v) is 6.60. The molecule has 120 valence electrons.